The van der Waals surface area contributed by atoms with Crippen molar-refractivity contribution < 1.29 is 0 Å². The van der Waals surface area contributed by atoms with Gasteiger partial charge in [-0.1, -0.05) is 11.6 Å². The second-order valence-corrected chi connectivity index (χ2v) is 2.88. The van der Waals surface area contributed by atoms with E-state index in [4.69, 9.17) is 11.6 Å². The zero-order valence-electron chi connectivity index (χ0n) is 6.73. The lowest BCUT2D eigenvalue weighted by Gasteiger charge is -2.00. The Hall–Kier alpha value is -1.56. The first-order chi connectivity index (χ1) is 6.20. The van der Waals surface area contributed by atoms with E-state index >= 15 is 0 Å². The minimum absolute atomic E-state index is 0.391. The highest BCUT2D eigenvalue weighted by Crippen LogP contribution is 2.13. The van der Waals surface area contributed by atoms with Crippen LogP contribution in [0.4, 0.5) is 0 Å². The van der Waals surface area contributed by atoms with E-state index in [1.54, 1.807) is 23.7 Å². The molecule has 6 nitrogen and oxygen atoms in total. The number of aromatic amines is 1. The van der Waals surface area contributed by atoms with E-state index in [1.165, 1.54) is 0 Å². The number of nitrogens with zero attached hydrogens (tertiary/aromatic N) is 4. The van der Waals surface area contributed by atoms with Crippen LogP contribution in [0, 0.1) is 0 Å². The molecule has 2 heterocycles. The lowest BCUT2D eigenvalue weighted by molar-refractivity contribution is 0.720. The zero-order valence-corrected chi connectivity index (χ0v) is 7.49. The van der Waals surface area contributed by atoms with Crippen LogP contribution in [0.5, 0.6) is 0 Å². The molecule has 0 aliphatic rings. The fourth-order valence-electron chi connectivity index (χ4n) is 1.04. The summed E-state index contributed by atoms with van der Waals surface area (Å²) >= 11 is 5.79. The maximum Gasteiger partial charge on any atom is 0.367 e. The molecule has 0 fully saturated rings. The Labute approximate surface area is 77.7 Å². The summed E-state index contributed by atoms with van der Waals surface area (Å²) in [7, 11) is 1.73. The highest BCUT2D eigenvalue weighted by Gasteiger charge is 2.08. The van der Waals surface area contributed by atoms with E-state index < -0.39 is 5.69 Å². The maximum absolute atomic E-state index is 11.1. The van der Waals surface area contributed by atoms with Crippen LogP contribution in [0.1, 0.15) is 0 Å². The highest BCUT2D eigenvalue weighted by molar-refractivity contribution is 6.29. The van der Waals surface area contributed by atoms with E-state index in [2.05, 4.69) is 15.5 Å². The van der Waals surface area contributed by atoms with Crippen LogP contribution in [0.25, 0.3) is 5.82 Å². The smallest absolute Gasteiger partial charge is 0.320 e. The second kappa shape index (κ2) is 2.74. The SMILES string of the molecule is Cn1c(Cl)ccc1-n1nn[nH]c1=O. The number of halogens is 1. The summed E-state index contributed by atoms with van der Waals surface area (Å²) in [4.78, 5) is 11.1. The van der Waals surface area contributed by atoms with Gasteiger partial charge in [-0.3, -0.25) is 0 Å². The van der Waals surface area contributed by atoms with Crippen molar-refractivity contribution in [2.24, 2.45) is 7.05 Å². The van der Waals surface area contributed by atoms with Crippen molar-refractivity contribution in [2.75, 3.05) is 0 Å². The van der Waals surface area contributed by atoms with Gasteiger partial charge < -0.3 is 4.57 Å². The third-order valence-electron chi connectivity index (χ3n) is 1.72. The predicted molar refractivity (Wildman–Crippen MR) is 46.0 cm³/mol. The number of nitrogens with one attached hydrogen (secondary N) is 1. The molecular formula is C6H6ClN5O. The van der Waals surface area contributed by atoms with E-state index in [-0.39, 0.29) is 0 Å². The molecule has 0 saturated heterocycles. The standard InChI is InChI=1S/C6H6ClN5O/c1-11-4(7)2-3-5(11)12-6(13)8-9-10-12/h2-3H,1H3,(H,8,10,13). The fourth-order valence-corrected chi connectivity index (χ4v) is 1.19. The lowest BCUT2D eigenvalue weighted by atomic mass is 10.6. The van der Waals surface area contributed by atoms with Crippen LogP contribution < -0.4 is 5.69 Å². The predicted octanol–water partition coefficient (Wildman–Crippen LogP) is -0.0525. The zero-order chi connectivity index (χ0) is 9.42. The van der Waals surface area contributed by atoms with Crippen molar-refractivity contribution in [1.29, 1.82) is 0 Å². The summed E-state index contributed by atoms with van der Waals surface area (Å²) < 4.78 is 2.76. The van der Waals surface area contributed by atoms with Crippen molar-refractivity contribution in [3.05, 3.63) is 27.8 Å². The van der Waals surface area contributed by atoms with Gasteiger partial charge in [0.25, 0.3) is 0 Å². The normalized spacial score (nSPS) is 10.6. The van der Waals surface area contributed by atoms with Crippen LogP contribution in [0.2, 0.25) is 5.15 Å². The molecule has 13 heavy (non-hydrogen) atoms. The summed E-state index contributed by atoms with van der Waals surface area (Å²) in [6, 6.07) is 3.37. The van der Waals surface area contributed by atoms with E-state index in [1.807, 2.05) is 0 Å². The van der Waals surface area contributed by atoms with Crippen molar-refractivity contribution >= 4 is 11.6 Å². The molecule has 2 aromatic rings. The van der Waals surface area contributed by atoms with Crippen LogP contribution in [-0.2, 0) is 7.05 Å². The molecule has 7 heteroatoms. The molecule has 0 radical (unpaired) electrons. The summed E-state index contributed by atoms with van der Waals surface area (Å²) in [5.74, 6) is 0.573. The first-order valence-electron chi connectivity index (χ1n) is 3.52. The highest BCUT2D eigenvalue weighted by atomic mass is 35.5. The molecule has 68 valence electrons. The van der Waals surface area contributed by atoms with Gasteiger partial charge in [0, 0.05) is 7.05 Å². The average molecular weight is 200 g/mol. The van der Waals surface area contributed by atoms with Crippen LogP contribution in [0.3, 0.4) is 0 Å². The molecule has 0 aromatic carbocycles. The second-order valence-electron chi connectivity index (χ2n) is 2.49. The number of hydrogen-bond donors (Lipinski definition) is 1. The maximum atomic E-state index is 11.1. The molecule has 0 aliphatic heterocycles. The first kappa shape index (κ1) is 8.06. The van der Waals surface area contributed by atoms with Gasteiger partial charge in [-0.25, -0.2) is 9.89 Å². The molecule has 2 aromatic heterocycles. The first-order valence-corrected chi connectivity index (χ1v) is 3.90. The quantitative estimate of drug-likeness (QED) is 0.700. The fraction of sp³-hybridized carbons (Fsp3) is 0.167. The Morgan fingerprint density at radius 2 is 2.31 bits per heavy atom. The van der Waals surface area contributed by atoms with Crippen molar-refractivity contribution in [2.45, 2.75) is 0 Å². The van der Waals surface area contributed by atoms with Gasteiger partial charge in [0.1, 0.15) is 11.0 Å². The van der Waals surface area contributed by atoms with Crippen LogP contribution in [0.15, 0.2) is 16.9 Å². The Kier molecular flexibility index (Phi) is 1.70. The minimum Gasteiger partial charge on any atom is -0.320 e. The molecular weight excluding hydrogens is 194 g/mol. The van der Waals surface area contributed by atoms with Gasteiger partial charge in [-0.2, -0.15) is 0 Å². The van der Waals surface area contributed by atoms with E-state index in [0.717, 1.165) is 4.68 Å². The summed E-state index contributed by atoms with van der Waals surface area (Å²) in [6.45, 7) is 0. The van der Waals surface area contributed by atoms with E-state index in [9.17, 15) is 4.79 Å². The van der Waals surface area contributed by atoms with E-state index in [0.29, 0.717) is 11.0 Å². The number of H-pyrrole nitrogens is 1. The van der Waals surface area contributed by atoms with Gasteiger partial charge in [0.15, 0.2) is 0 Å². The molecule has 0 spiro atoms. The monoisotopic (exact) mass is 199 g/mol. The van der Waals surface area contributed by atoms with Gasteiger partial charge in [0.2, 0.25) is 0 Å². The summed E-state index contributed by atoms with van der Waals surface area (Å²) in [5.41, 5.74) is -0.391. The third kappa shape index (κ3) is 1.15. The molecule has 0 atom stereocenters. The molecule has 2 rings (SSSR count). The number of tetrazole rings is 1. The summed E-state index contributed by atoms with van der Waals surface area (Å²) in [6.07, 6.45) is 0. The Balaban J connectivity index is 2.66. The summed E-state index contributed by atoms with van der Waals surface area (Å²) in [5, 5.41) is 9.67. The molecule has 0 saturated carbocycles. The van der Waals surface area contributed by atoms with Crippen molar-refractivity contribution in [1.82, 2.24) is 24.8 Å². The number of hydrogen-bond acceptors (Lipinski definition) is 3. The Bertz CT molecular complexity index is 481. The Morgan fingerprint density at radius 1 is 1.54 bits per heavy atom. The van der Waals surface area contributed by atoms with Gasteiger partial charge in [-0.05, 0) is 22.6 Å². The molecule has 0 bridgehead atoms. The third-order valence-corrected chi connectivity index (χ3v) is 2.10. The topological polar surface area (TPSA) is 68.5 Å². The van der Waals surface area contributed by atoms with Gasteiger partial charge in [-0.15, -0.1) is 4.68 Å². The number of rotatable bonds is 1. The lowest BCUT2D eigenvalue weighted by Crippen LogP contribution is -2.18. The van der Waals surface area contributed by atoms with Crippen LogP contribution in [-0.4, -0.2) is 24.8 Å². The molecule has 0 unspecified atom stereocenters. The minimum atomic E-state index is -0.391. The largest absolute Gasteiger partial charge is 0.367 e. The van der Waals surface area contributed by atoms with Gasteiger partial charge >= 0.3 is 5.69 Å². The molecule has 0 aliphatic carbocycles. The molecule has 0 amide bonds. The average Bonchev–Trinajstić information content (AvgIpc) is 2.62. The Morgan fingerprint density at radius 3 is 2.77 bits per heavy atom. The molecule has 1 N–H and O–H groups in total. The van der Waals surface area contributed by atoms with Crippen molar-refractivity contribution in [3.63, 3.8) is 0 Å². The number of aromatic nitrogens is 5. The van der Waals surface area contributed by atoms with Gasteiger partial charge in [0.05, 0.1) is 0 Å². The van der Waals surface area contributed by atoms with Crippen LogP contribution >= 0.6 is 11.6 Å². The van der Waals surface area contributed by atoms with Crippen molar-refractivity contribution in [3.8, 4) is 5.82 Å².